The highest BCUT2D eigenvalue weighted by Crippen LogP contribution is 2.13. The van der Waals surface area contributed by atoms with Crippen LogP contribution < -0.4 is 5.32 Å². The van der Waals surface area contributed by atoms with Gasteiger partial charge in [0.1, 0.15) is 10.8 Å². The highest BCUT2D eigenvalue weighted by atomic mass is 32.1. The van der Waals surface area contributed by atoms with E-state index in [4.69, 9.17) is 4.42 Å². The van der Waals surface area contributed by atoms with Crippen molar-refractivity contribution in [2.24, 2.45) is 0 Å². The van der Waals surface area contributed by atoms with Crippen molar-refractivity contribution in [2.75, 3.05) is 5.32 Å². The largest absolute Gasteiger partial charge is 0.465 e. The Balaban J connectivity index is 1.94. The fraction of sp³-hybridized carbons (Fsp3) is 0.100. The molecule has 5 nitrogen and oxygen atoms in total. The molecule has 0 aliphatic rings. The number of aryl methyl sites for hydroxylation is 1. The van der Waals surface area contributed by atoms with Gasteiger partial charge in [-0.1, -0.05) is 11.3 Å². The molecule has 0 radical (unpaired) electrons. The predicted octanol–water partition coefficient (Wildman–Crippen LogP) is 2.09. The second-order valence-corrected chi connectivity index (χ2v) is 4.15. The van der Waals surface area contributed by atoms with Gasteiger partial charge >= 0.3 is 0 Å². The maximum Gasteiger partial charge on any atom is 0.250 e. The minimum atomic E-state index is -0.257. The molecule has 2 rings (SSSR count). The number of amides is 1. The van der Waals surface area contributed by atoms with Crippen LogP contribution in [0.15, 0.2) is 28.9 Å². The molecule has 0 aliphatic heterocycles. The molecule has 0 atom stereocenters. The number of carbonyl (C=O) groups is 1. The van der Waals surface area contributed by atoms with E-state index in [1.165, 1.54) is 17.4 Å². The SMILES string of the molecule is Cc1nnc(NC(=O)C=Cc2ccco2)s1. The number of nitrogens with zero attached hydrogens (tertiary/aromatic N) is 2. The van der Waals surface area contributed by atoms with Gasteiger partial charge in [-0.25, -0.2) is 0 Å². The Bertz CT molecular complexity index is 502. The number of furan rings is 1. The van der Waals surface area contributed by atoms with Gasteiger partial charge in [0.15, 0.2) is 0 Å². The Labute approximate surface area is 95.8 Å². The van der Waals surface area contributed by atoms with Crippen LogP contribution in [0.4, 0.5) is 5.13 Å². The van der Waals surface area contributed by atoms with E-state index < -0.39 is 0 Å². The second-order valence-electron chi connectivity index (χ2n) is 2.96. The molecule has 0 aromatic carbocycles. The van der Waals surface area contributed by atoms with Crippen LogP contribution in [0.5, 0.6) is 0 Å². The molecular weight excluding hydrogens is 226 g/mol. The summed E-state index contributed by atoms with van der Waals surface area (Å²) >= 11 is 1.33. The molecule has 0 spiro atoms. The van der Waals surface area contributed by atoms with Gasteiger partial charge in [0, 0.05) is 6.08 Å². The van der Waals surface area contributed by atoms with E-state index in [2.05, 4.69) is 15.5 Å². The molecule has 0 saturated heterocycles. The predicted molar refractivity (Wildman–Crippen MR) is 61.0 cm³/mol. The van der Waals surface area contributed by atoms with Crippen molar-refractivity contribution < 1.29 is 9.21 Å². The molecule has 0 aliphatic carbocycles. The quantitative estimate of drug-likeness (QED) is 0.827. The summed E-state index contributed by atoms with van der Waals surface area (Å²) in [6.45, 7) is 1.83. The van der Waals surface area contributed by atoms with Crippen LogP contribution in [-0.4, -0.2) is 16.1 Å². The minimum absolute atomic E-state index is 0.257. The van der Waals surface area contributed by atoms with Crippen molar-refractivity contribution in [2.45, 2.75) is 6.92 Å². The number of carbonyl (C=O) groups excluding carboxylic acids is 1. The van der Waals surface area contributed by atoms with E-state index in [1.807, 2.05) is 6.92 Å². The minimum Gasteiger partial charge on any atom is -0.465 e. The van der Waals surface area contributed by atoms with Crippen LogP contribution in [0.1, 0.15) is 10.8 Å². The van der Waals surface area contributed by atoms with Gasteiger partial charge in [-0.3, -0.25) is 10.1 Å². The third kappa shape index (κ3) is 2.77. The van der Waals surface area contributed by atoms with E-state index >= 15 is 0 Å². The van der Waals surface area contributed by atoms with E-state index in [0.29, 0.717) is 10.9 Å². The highest BCUT2D eigenvalue weighted by molar-refractivity contribution is 7.15. The lowest BCUT2D eigenvalue weighted by Crippen LogP contribution is -2.07. The van der Waals surface area contributed by atoms with Crippen molar-refractivity contribution in [1.82, 2.24) is 10.2 Å². The first-order valence-electron chi connectivity index (χ1n) is 4.57. The topological polar surface area (TPSA) is 68.0 Å². The summed E-state index contributed by atoms with van der Waals surface area (Å²) < 4.78 is 5.05. The van der Waals surface area contributed by atoms with Crippen LogP contribution in [-0.2, 0) is 4.79 Å². The Morgan fingerprint density at radius 2 is 2.44 bits per heavy atom. The van der Waals surface area contributed by atoms with Gasteiger partial charge in [0.2, 0.25) is 11.0 Å². The van der Waals surface area contributed by atoms with Crippen LogP contribution in [0.25, 0.3) is 6.08 Å². The van der Waals surface area contributed by atoms with Crippen LogP contribution in [0, 0.1) is 6.92 Å². The van der Waals surface area contributed by atoms with Gasteiger partial charge in [-0.15, -0.1) is 10.2 Å². The van der Waals surface area contributed by atoms with Crippen molar-refractivity contribution in [3.05, 3.63) is 35.2 Å². The average molecular weight is 235 g/mol. The summed E-state index contributed by atoms with van der Waals surface area (Å²) in [6.07, 6.45) is 4.52. The fourth-order valence-corrected chi connectivity index (χ4v) is 1.63. The maximum atomic E-state index is 11.4. The lowest BCUT2D eigenvalue weighted by Gasteiger charge is -1.93. The third-order valence-electron chi connectivity index (χ3n) is 1.70. The number of nitrogens with one attached hydrogen (secondary N) is 1. The molecule has 2 aromatic heterocycles. The van der Waals surface area contributed by atoms with Gasteiger partial charge in [-0.05, 0) is 25.1 Å². The first-order chi connectivity index (χ1) is 7.74. The molecule has 0 unspecified atom stereocenters. The number of anilines is 1. The summed E-state index contributed by atoms with van der Waals surface area (Å²) in [4.78, 5) is 11.4. The molecular formula is C10H9N3O2S. The molecule has 2 heterocycles. The standard InChI is InChI=1S/C10H9N3O2S/c1-7-12-13-10(16-7)11-9(14)5-4-8-3-2-6-15-8/h2-6H,1H3,(H,11,13,14). The summed E-state index contributed by atoms with van der Waals surface area (Å²) in [5.74, 6) is 0.371. The molecule has 0 saturated carbocycles. The average Bonchev–Trinajstić information content (AvgIpc) is 2.87. The maximum absolute atomic E-state index is 11.4. The van der Waals surface area contributed by atoms with Crippen molar-refractivity contribution >= 4 is 28.5 Å². The lowest BCUT2D eigenvalue weighted by atomic mass is 10.4. The number of rotatable bonds is 3. The Morgan fingerprint density at radius 3 is 3.06 bits per heavy atom. The van der Waals surface area contributed by atoms with Crippen molar-refractivity contribution in [3.63, 3.8) is 0 Å². The molecule has 16 heavy (non-hydrogen) atoms. The molecule has 82 valence electrons. The molecule has 1 N–H and O–H groups in total. The van der Waals surface area contributed by atoms with Crippen molar-refractivity contribution in [3.8, 4) is 0 Å². The third-order valence-corrected chi connectivity index (χ3v) is 2.45. The van der Waals surface area contributed by atoms with E-state index in [9.17, 15) is 4.79 Å². The summed E-state index contributed by atoms with van der Waals surface area (Å²) in [7, 11) is 0. The highest BCUT2D eigenvalue weighted by Gasteiger charge is 2.02. The summed E-state index contributed by atoms with van der Waals surface area (Å²) in [6, 6.07) is 3.52. The Kier molecular flexibility index (Phi) is 3.11. The van der Waals surface area contributed by atoms with Crippen LogP contribution in [0.2, 0.25) is 0 Å². The van der Waals surface area contributed by atoms with Crippen molar-refractivity contribution in [1.29, 1.82) is 0 Å². The van der Waals surface area contributed by atoms with E-state index in [0.717, 1.165) is 5.01 Å². The molecule has 6 heteroatoms. The zero-order chi connectivity index (χ0) is 11.4. The smallest absolute Gasteiger partial charge is 0.250 e. The van der Waals surface area contributed by atoms with Crippen LogP contribution in [0.3, 0.4) is 0 Å². The zero-order valence-electron chi connectivity index (χ0n) is 8.51. The Hall–Kier alpha value is -1.95. The molecule has 2 aromatic rings. The monoisotopic (exact) mass is 235 g/mol. The van der Waals surface area contributed by atoms with Gasteiger partial charge in [0.25, 0.3) is 0 Å². The number of aromatic nitrogens is 2. The lowest BCUT2D eigenvalue weighted by molar-refractivity contribution is -0.111. The first kappa shape index (κ1) is 10.6. The summed E-state index contributed by atoms with van der Waals surface area (Å²) in [5, 5.41) is 11.5. The molecule has 0 fully saturated rings. The number of hydrogen-bond acceptors (Lipinski definition) is 5. The molecule has 0 bridgehead atoms. The zero-order valence-corrected chi connectivity index (χ0v) is 9.32. The van der Waals surface area contributed by atoms with E-state index in [1.54, 1.807) is 24.5 Å². The fourth-order valence-electron chi connectivity index (χ4n) is 1.04. The van der Waals surface area contributed by atoms with E-state index in [-0.39, 0.29) is 5.91 Å². The van der Waals surface area contributed by atoms with Gasteiger partial charge in [0.05, 0.1) is 6.26 Å². The molecule has 1 amide bonds. The normalized spacial score (nSPS) is 10.8. The number of hydrogen-bond donors (Lipinski definition) is 1. The van der Waals surface area contributed by atoms with Crippen LogP contribution >= 0.6 is 11.3 Å². The first-order valence-corrected chi connectivity index (χ1v) is 5.38. The van der Waals surface area contributed by atoms with Gasteiger partial charge < -0.3 is 4.42 Å². The van der Waals surface area contributed by atoms with Gasteiger partial charge in [-0.2, -0.15) is 0 Å². The summed E-state index contributed by atoms with van der Waals surface area (Å²) in [5.41, 5.74) is 0. The Morgan fingerprint density at radius 1 is 1.56 bits per heavy atom. The second kappa shape index (κ2) is 4.71.